The molecule has 9 heteroatoms. The Hall–Kier alpha value is -3.95. The lowest BCUT2D eigenvalue weighted by Gasteiger charge is -2.27. The van der Waals surface area contributed by atoms with Crippen LogP contribution in [-0.2, 0) is 19.1 Å². The predicted molar refractivity (Wildman–Crippen MR) is 138 cm³/mol. The number of anilines is 1. The maximum Gasteiger partial charge on any atom is 0.338 e. The maximum absolute atomic E-state index is 14.0. The molecular formula is C29H20BrNO7. The average Bonchev–Trinajstić information content (AvgIpc) is 3.49. The standard InChI is InChI=1S/C29H20BrNO7/c1-2-37-28(36)15-10-12-18(13-11-15)31-26(34)21-22(27(31)35)29(38-23(21)16-6-5-7-17(30)14-16)24(32)19-8-3-4-9-20(19)25(29)33/h3-14,21-23H,2H2,1H3/t21-,22+,23-/m0/s1. The van der Waals surface area contributed by atoms with Gasteiger partial charge < -0.3 is 9.47 Å². The molecule has 190 valence electrons. The fraction of sp³-hybridized carbons (Fsp3) is 0.207. The monoisotopic (exact) mass is 573 g/mol. The Morgan fingerprint density at radius 2 is 1.58 bits per heavy atom. The summed E-state index contributed by atoms with van der Waals surface area (Å²) in [6.45, 7) is 1.90. The van der Waals surface area contributed by atoms with Crippen LogP contribution in [0.2, 0.25) is 0 Å². The smallest absolute Gasteiger partial charge is 0.338 e. The van der Waals surface area contributed by atoms with E-state index in [0.717, 1.165) is 4.90 Å². The molecule has 2 heterocycles. The molecule has 3 atom stereocenters. The van der Waals surface area contributed by atoms with Crippen molar-refractivity contribution in [3.05, 3.63) is 99.5 Å². The minimum Gasteiger partial charge on any atom is -0.462 e. The fourth-order valence-electron chi connectivity index (χ4n) is 5.72. The number of esters is 1. The van der Waals surface area contributed by atoms with Crippen molar-refractivity contribution in [2.45, 2.75) is 18.6 Å². The van der Waals surface area contributed by atoms with Gasteiger partial charge in [0.2, 0.25) is 29.0 Å². The summed E-state index contributed by atoms with van der Waals surface area (Å²) in [4.78, 5) is 68.6. The van der Waals surface area contributed by atoms with Crippen LogP contribution in [0, 0.1) is 11.8 Å². The molecule has 2 fully saturated rings. The normalized spacial score (nSPS) is 23.2. The van der Waals surface area contributed by atoms with Gasteiger partial charge in [-0.25, -0.2) is 9.69 Å². The third-order valence-electron chi connectivity index (χ3n) is 7.33. The number of fused-ring (bicyclic) bond motifs is 3. The van der Waals surface area contributed by atoms with E-state index in [-0.39, 0.29) is 29.0 Å². The van der Waals surface area contributed by atoms with Gasteiger partial charge in [0, 0.05) is 15.6 Å². The maximum atomic E-state index is 14.0. The second-order valence-corrected chi connectivity index (χ2v) is 10.2. The molecule has 0 unspecified atom stereocenters. The topological polar surface area (TPSA) is 107 Å². The van der Waals surface area contributed by atoms with Crippen LogP contribution in [0.25, 0.3) is 0 Å². The lowest BCUT2D eigenvalue weighted by atomic mass is 9.77. The van der Waals surface area contributed by atoms with E-state index >= 15 is 0 Å². The quantitative estimate of drug-likeness (QED) is 0.260. The molecule has 2 aliphatic heterocycles. The summed E-state index contributed by atoms with van der Waals surface area (Å²) in [5, 5.41) is 0. The number of carbonyl (C=O) groups excluding carboxylic acids is 5. The zero-order valence-electron chi connectivity index (χ0n) is 20.1. The largest absolute Gasteiger partial charge is 0.462 e. The van der Waals surface area contributed by atoms with Crippen LogP contribution in [-0.4, -0.2) is 41.6 Å². The molecule has 0 N–H and O–H groups in total. The Balaban J connectivity index is 1.47. The number of rotatable bonds is 4. The molecule has 3 aliphatic rings. The van der Waals surface area contributed by atoms with E-state index in [1.54, 1.807) is 43.3 Å². The molecule has 3 aromatic rings. The van der Waals surface area contributed by atoms with E-state index < -0.39 is 52.9 Å². The van der Waals surface area contributed by atoms with Crippen LogP contribution in [0.1, 0.15) is 49.7 Å². The van der Waals surface area contributed by atoms with Gasteiger partial charge in [-0.1, -0.05) is 52.3 Å². The number of halogens is 1. The highest BCUT2D eigenvalue weighted by atomic mass is 79.9. The van der Waals surface area contributed by atoms with E-state index in [2.05, 4.69) is 15.9 Å². The van der Waals surface area contributed by atoms with E-state index in [1.165, 1.54) is 36.4 Å². The predicted octanol–water partition coefficient (Wildman–Crippen LogP) is 4.32. The van der Waals surface area contributed by atoms with Crippen molar-refractivity contribution < 1.29 is 33.4 Å². The highest BCUT2D eigenvalue weighted by Gasteiger charge is 2.74. The van der Waals surface area contributed by atoms with Crippen molar-refractivity contribution in [3.8, 4) is 0 Å². The van der Waals surface area contributed by atoms with Crippen molar-refractivity contribution in [2.75, 3.05) is 11.5 Å². The summed E-state index contributed by atoms with van der Waals surface area (Å²) in [6.07, 6.45) is -1.01. The number of nitrogens with zero attached hydrogens (tertiary/aromatic N) is 1. The molecule has 0 saturated carbocycles. The Labute approximate surface area is 225 Å². The van der Waals surface area contributed by atoms with Gasteiger partial charge in [-0.15, -0.1) is 0 Å². The first-order valence-corrected chi connectivity index (χ1v) is 12.9. The number of imide groups is 1. The first-order chi connectivity index (χ1) is 18.3. The number of hydrogen-bond acceptors (Lipinski definition) is 7. The van der Waals surface area contributed by atoms with Gasteiger partial charge in [0.15, 0.2) is 0 Å². The number of ketones is 2. The van der Waals surface area contributed by atoms with Gasteiger partial charge in [0.25, 0.3) is 0 Å². The van der Waals surface area contributed by atoms with E-state index in [9.17, 15) is 24.0 Å². The molecular weight excluding hydrogens is 554 g/mol. The molecule has 0 bridgehead atoms. The van der Waals surface area contributed by atoms with E-state index in [1.807, 2.05) is 0 Å². The van der Waals surface area contributed by atoms with Crippen LogP contribution in [0.3, 0.4) is 0 Å². The molecule has 2 amide bonds. The summed E-state index contributed by atoms with van der Waals surface area (Å²) in [7, 11) is 0. The Kier molecular flexibility index (Phi) is 5.66. The number of ether oxygens (including phenoxy) is 2. The van der Waals surface area contributed by atoms with Crippen molar-refractivity contribution in [1.29, 1.82) is 0 Å². The number of amides is 2. The fourth-order valence-corrected chi connectivity index (χ4v) is 6.13. The van der Waals surface area contributed by atoms with Gasteiger partial charge in [0.05, 0.1) is 35.8 Å². The minimum absolute atomic E-state index is 0.170. The molecule has 6 rings (SSSR count). The second-order valence-electron chi connectivity index (χ2n) is 9.32. The second kappa shape index (κ2) is 8.82. The first kappa shape index (κ1) is 24.4. The van der Waals surface area contributed by atoms with Crippen LogP contribution >= 0.6 is 15.9 Å². The molecule has 0 radical (unpaired) electrons. The van der Waals surface area contributed by atoms with E-state index in [0.29, 0.717) is 10.0 Å². The number of Topliss-reactive ketones (excluding diaryl/α,β-unsaturated/α-hetero) is 2. The summed E-state index contributed by atoms with van der Waals surface area (Å²) >= 11 is 3.42. The number of hydrogen-bond donors (Lipinski definition) is 0. The SMILES string of the molecule is CCOC(=O)c1ccc(N2C(=O)[C@@H]3[C@H](c4cccc(Br)c4)OC4(C(=O)c5ccccc5C4=O)[C@H]3C2=O)cc1. The average molecular weight is 574 g/mol. The third kappa shape index (κ3) is 3.28. The Bertz CT molecular complexity index is 1510. The lowest BCUT2D eigenvalue weighted by Crippen LogP contribution is -2.51. The summed E-state index contributed by atoms with van der Waals surface area (Å²) in [6, 6.07) is 19.2. The van der Waals surface area contributed by atoms with Gasteiger partial charge in [0.1, 0.15) is 0 Å². The highest BCUT2D eigenvalue weighted by molar-refractivity contribution is 9.10. The summed E-state index contributed by atoms with van der Waals surface area (Å²) < 4.78 is 12.0. The molecule has 1 spiro atoms. The Morgan fingerprint density at radius 1 is 0.921 bits per heavy atom. The first-order valence-electron chi connectivity index (χ1n) is 12.1. The molecule has 3 aromatic carbocycles. The Morgan fingerprint density at radius 3 is 2.18 bits per heavy atom. The van der Waals surface area contributed by atoms with Crippen LogP contribution in [0.5, 0.6) is 0 Å². The van der Waals surface area contributed by atoms with Crippen LogP contribution in [0.4, 0.5) is 5.69 Å². The number of carbonyl (C=O) groups is 5. The van der Waals surface area contributed by atoms with Crippen LogP contribution in [0.15, 0.2) is 77.3 Å². The van der Waals surface area contributed by atoms with Crippen molar-refractivity contribution >= 4 is 51.0 Å². The third-order valence-corrected chi connectivity index (χ3v) is 7.83. The van der Waals surface area contributed by atoms with Gasteiger partial charge in [-0.3, -0.25) is 19.2 Å². The van der Waals surface area contributed by atoms with Gasteiger partial charge in [-0.2, -0.15) is 0 Å². The summed E-state index contributed by atoms with van der Waals surface area (Å²) in [5.41, 5.74) is -0.761. The van der Waals surface area contributed by atoms with Gasteiger partial charge in [-0.05, 0) is 48.9 Å². The molecule has 8 nitrogen and oxygen atoms in total. The summed E-state index contributed by atoms with van der Waals surface area (Å²) in [5.74, 6) is -5.51. The highest BCUT2D eigenvalue weighted by Crippen LogP contribution is 2.57. The molecule has 38 heavy (non-hydrogen) atoms. The molecule has 2 saturated heterocycles. The number of benzene rings is 3. The van der Waals surface area contributed by atoms with Crippen molar-refractivity contribution in [1.82, 2.24) is 0 Å². The zero-order valence-corrected chi connectivity index (χ0v) is 21.6. The van der Waals surface area contributed by atoms with Crippen molar-refractivity contribution in [2.24, 2.45) is 11.8 Å². The molecule has 0 aromatic heterocycles. The van der Waals surface area contributed by atoms with Crippen LogP contribution < -0.4 is 4.90 Å². The molecule has 1 aliphatic carbocycles. The minimum atomic E-state index is -2.15. The van der Waals surface area contributed by atoms with Crippen molar-refractivity contribution in [3.63, 3.8) is 0 Å². The lowest BCUT2D eigenvalue weighted by molar-refractivity contribution is -0.127. The van der Waals surface area contributed by atoms with Gasteiger partial charge >= 0.3 is 5.97 Å². The van der Waals surface area contributed by atoms with E-state index in [4.69, 9.17) is 9.47 Å². The zero-order chi connectivity index (χ0) is 26.8.